The van der Waals surface area contributed by atoms with Gasteiger partial charge in [0, 0.05) is 19.3 Å². The summed E-state index contributed by atoms with van der Waals surface area (Å²) in [6.45, 7) is 2.53. The van der Waals surface area contributed by atoms with Crippen LogP contribution in [0, 0.1) is 11.6 Å². The summed E-state index contributed by atoms with van der Waals surface area (Å²) in [7, 11) is 0. The summed E-state index contributed by atoms with van der Waals surface area (Å²) in [5.74, 6) is -1.66. The number of halogens is 2. The van der Waals surface area contributed by atoms with E-state index in [-0.39, 0.29) is 19.0 Å². The van der Waals surface area contributed by atoms with Gasteiger partial charge >= 0.3 is 0 Å². The van der Waals surface area contributed by atoms with Gasteiger partial charge in [0.1, 0.15) is 12.4 Å². The Morgan fingerprint density at radius 2 is 2.10 bits per heavy atom. The first kappa shape index (κ1) is 15.0. The van der Waals surface area contributed by atoms with Crippen molar-refractivity contribution in [1.29, 1.82) is 0 Å². The second-order valence-electron chi connectivity index (χ2n) is 4.59. The summed E-state index contributed by atoms with van der Waals surface area (Å²) < 4.78 is 27.5. The largest absolute Gasteiger partial charge is 0.382 e. The van der Waals surface area contributed by atoms with Gasteiger partial charge in [0.15, 0.2) is 11.6 Å². The molecule has 0 spiro atoms. The maximum absolute atomic E-state index is 13.2. The lowest BCUT2D eigenvalue weighted by molar-refractivity contribution is -0.132. The van der Waals surface area contributed by atoms with Crippen molar-refractivity contribution in [1.82, 2.24) is 14.7 Å². The number of amides is 1. The Labute approximate surface area is 121 Å². The van der Waals surface area contributed by atoms with Crippen molar-refractivity contribution in [3.8, 4) is 0 Å². The van der Waals surface area contributed by atoms with E-state index in [9.17, 15) is 13.6 Å². The Morgan fingerprint density at radius 1 is 1.33 bits per heavy atom. The minimum atomic E-state index is -0.921. The second kappa shape index (κ2) is 6.34. The van der Waals surface area contributed by atoms with E-state index < -0.39 is 11.6 Å². The number of nitrogens with zero attached hydrogens (tertiary/aromatic N) is 3. The van der Waals surface area contributed by atoms with E-state index in [0.29, 0.717) is 17.9 Å². The summed E-state index contributed by atoms with van der Waals surface area (Å²) in [6.07, 6.45) is 1.61. The first-order valence-corrected chi connectivity index (χ1v) is 6.50. The smallest absolute Gasteiger partial charge is 0.244 e. The maximum Gasteiger partial charge on any atom is 0.244 e. The summed E-state index contributed by atoms with van der Waals surface area (Å²) in [5.41, 5.74) is 6.01. The number of carbonyl (C=O) groups excluding carboxylic acids is 1. The molecule has 2 rings (SSSR count). The van der Waals surface area contributed by atoms with Crippen LogP contribution in [0.25, 0.3) is 0 Å². The van der Waals surface area contributed by atoms with Crippen molar-refractivity contribution in [2.75, 3.05) is 12.3 Å². The van der Waals surface area contributed by atoms with Crippen LogP contribution in [0.4, 0.5) is 14.6 Å². The first-order valence-electron chi connectivity index (χ1n) is 6.50. The minimum Gasteiger partial charge on any atom is -0.382 e. The van der Waals surface area contributed by atoms with Crippen molar-refractivity contribution in [2.45, 2.75) is 20.0 Å². The number of rotatable bonds is 5. The van der Waals surface area contributed by atoms with Crippen LogP contribution in [0.1, 0.15) is 12.5 Å². The van der Waals surface area contributed by atoms with Crippen molar-refractivity contribution >= 4 is 11.7 Å². The van der Waals surface area contributed by atoms with Crippen LogP contribution in [0.5, 0.6) is 0 Å². The molecule has 0 fully saturated rings. The molecule has 1 aromatic heterocycles. The number of hydrogen-bond acceptors (Lipinski definition) is 3. The van der Waals surface area contributed by atoms with Gasteiger partial charge in [-0.25, -0.2) is 8.78 Å². The van der Waals surface area contributed by atoms with Gasteiger partial charge in [-0.2, -0.15) is 5.10 Å². The molecule has 2 N–H and O–H groups in total. The molecule has 1 amide bonds. The standard InChI is InChI=1S/C14H16F2N4O/c1-2-19(8-10-3-4-11(15)12(16)7-10)14(21)9-20-6-5-13(17)18-20/h3-7H,2,8-9H2,1H3,(H2,17,18). The van der Waals surface area contributed by atoms with E-state index in [4.69, 9.17) is 5.73 Å². The normalized spacial score (nSPS) is 10.6. The van der Waals surface area contributed by atoms with Crippen LogP contribution >= 0.6 is 0 Å². The molecule has 0 bridgehead atoms. The van der Waals surface area contributed by atoms with Crippen molar-refractivity contribution in [3.63, 3.8) is 0 Å². The molecule has 0 unspecified atom stereocenters. The molecule has 0 aliphatic carbocycles. The van der Waals surface area contributed by atoms with Crippen molar-refractivity contribution < 1.29 is 13.6 Å². The van der Waals surface area contributed by atoms with E-state index in [1.807, 2.05) is 6.92 Å². The Bertz CT molecular complexity index is 642. The average Bonchev–Trinajstić information content (AvgIpc) is 2.85. The van der Waals surface area contributed by atoms with Gasteiger partial charge in [-0.3, -0.25) is 9.48 Å². The minimum absolute atomic E-state index is 0.0503. The topological polar surface area (TPSA) is 64.2 Å². The fraction of sp³-hybridized carbons (Fsp3) is 0.286. The molecule has 112 valence electrons. The summed E-state index contributed by atoms with van der Waals surface area (Å²) in [6, 6.07) is 5.20. The number of likely N-dealkylation sites (N-methyl/N-ethyl adjacent to an activating group) is 1. The van der Waals surface area contributed by atoms with Gasteiger partial charge in [0.25, 0.3) is 0 Å². The van der Waals surface area contributed by atoms with E-state index >= 15 is 0 Å². The summed E-state index contributed by atoms with van der Waals surface area (Å²) >= 11 is 0. The molecule has 5 nitrogen and oxygen atoms in total. The van der Waals surface area contributed by atoms with E-state index in [1.165, 1.54) is 15.6 Å². The predicted molar refractivity (Wildman–Crippen MR) is 74.1 cm³/mol. The molecular weight excluding hydrogens is 278 g/mol. The molecule has 0 aliphatic rings. The zero-order valence-corrected chi connectivity index (χ0v) is 11.6. The third-order valence-corrected chi connectivity index (χ3v) is 3.05. The number of anilines is 1. The van der Waals surface area contributed by atoms with Crippen LogP contribution in [0.3, 0.4) is 0 Å². The van der Waals surface area contributed by atoms with Gasteiger partial charge in [-0.05, 0) is 30.7 Å². The molecule has 0 saturated carbocycles. The molecule has 0 aliphatic heterocycles. The lowest BCUT2D eigenvalue weighted by Gasteiger charge is -2.21. The molecule has 1 heterocycles. The zero-order valence-electron chi connectivity index (χ0n) is 11.6. The van der Waals surface area contributed by atoms with E-state index in [0.717, 1.165) is 12.1 Å². The number of aromatic nitrogens is 2. The maximum atomic E-state index is 13.2. The van der Waals surface area contributed by atoms with Crippen LogP contribution in [-0.2, 0) is 17.9 Å². The zero-order chi connectivity index (χ0) is 15.4. The Kier molecular flexibility index (Phi) is 4.52. The third-order valence-electron chi connectivity index (χ3n) is 3.05. The van der Waals surface area contributed by atoms with Crippen LogP contribution in [0.15, 0.2) is 30.5 Å². The quantitative estimate of drug-likeness (QED) is 0.914. The number of hydrogen-bond donors (Lipinski definition) is 1. The fourth-order valence-electron chi connectivity index (χ4n) is 1.94. The highest BCUT2D eigenvalue weighted by molar-refractivity contribution is 5.75. The van der Waals surface area contributed by atoms with Gasteiger partial charge in [-0.1, -0.05) is 6.07 Å². The Hall–Kier alpha value is -2.44. The van der Waals surface area contributed by atoms with Crippen molar-refractivity contribution in [3.05, 3.63) is 47.7 Å². The highest BCUT2D eigenvalue weighted by atomic mass is 19.2. The van der Waals surface area contributed by atoms with E-state index in [1.54, 1.807) is 12.3 Å². The number of carbonyl (C=O) groups is 1. The van der Waals surface area contributed by atoms with Gasteiger partial charge in [0.05, 0.1) is 0 Å². The fourth-order valence-corrected chi connectivity index (χ4v) is 1.94. The SMILES string of the molecule is CCN(Cc1ccc(F)c(F)c1)C(=O)Cn1ccc(N)n1. The third kappa shape index (κ3) is 3.77. The summed E-state index contributed by atoms with van der Waals surface area (Å²) in [5, 5.41) is 3.94. The molecule has 7 heteroatoms. The second-order valence-corrected chi connectivity index (χ2v) is 4.59. The molecule has 21 heavy (non-hydrogen) atoms. The molecule has 0 saturated heterocycles. The number of nitrogen functional groups attached to an aromatic ring is 1. The van der Waals surface area contributed by atoms with Crippen LogP contribution in [0.2, 0.25) is 0 Å². The van der Waals surface area contributed by atoms with Gasteiger partial charge < -0.3 is 10.6 Å². The lowest BCUT2D eigenvalue weighted by atomic mass is 10.2. The molecule has 2 aromatic rings. The Balaban J connectivity index is 2.04. The first-order chi connectivity index (χ1) is 9.99. The van der Waals surface area contributed by atoms with Crippen LogP contribution < -0.4 is 5.73 Å². The molecule has 0 radical (unpaired) electrons. The van der Waals surface area contributed by atoms with Gasteiger partial charge in [0.2, 0.25) is 5.91 Å². The molecule has 1 aromatic carbocycles. The Morgan fingerprint density at radius 3 is 2.67 bits per heavy atom. The van der Waals surface area contributed by atoms with Crippen molar-refractivity contribution in [2.24, 2.45) is 0 Å². The highest BCUT2D eigenvalue weighted by Crippen LogP contribution is 2.11. The van der Waals surface area contributed by atoms with E-state index in [2.05, 4.69) is 5.10 Å². The predicted octanol–water partition coefficient (Wildman–Crippen LogP) is 1.79. The average molecular weight is 294 g/mol. The number of nitrogens with two attached hydrogens (primary N) is 1. The van der Waals surface area contributed by atoms with Gasteiger partial charge in [-0.15, -0.1) is 0 Å². The lowest BCUT2D eigenvalue weighted by Crippen LogP contribution is -2.33. The molecular formula is C14H16F2N4O. The monoisotopic (exact) mass is 294 g/mol. The van der Waals surface area contributed by atoms with Crippen LogP contribution in [-0.4, -0.2) is 27.1 Å². The highest BCUT2D eigenvalue weighted by Gasteiger charge is 2.14. The molecule has 0 atom stereocenters. The number of benzene rings is 1. The summed E-state index contributed by atoms with van der Waals surface area (Å²) in [4.78, 5) is 13.7.